The molecule has 0 bridgehead atoms. The molecule has 0 spiro atoms. The highest BCUT2D eigenvalue weighted by Gasteiger charge is 2.22. The topological polar surface area (TPSA) is 83.1 Å². The van der Waals surface area contributed by atoms with Crippen molar-refractivity contribution in [2.75, 3.05) is 11.9 Å². The van der Waals surface area contributed by atoms with Gasteiger partial charge in [0.05, 0.1) is 6.42 Å². The van der Waals surface area contributed by atoms with Crippen LogP contribution in [0.2, 0.25) is 0 Å². The molecule has 0 fully saturated rings. The maximum absolute atomic E-state index is 13.4. The van der Waals surface area contributed by atoms with Gasteiger partial charge in [0.1, 0.15) is 17.7 Å². The highest BCUT2D eigenvalue weighted by Crippen LogP contribution is 2.25. The largest absolute Gasteiger partial charge is 0.344 e. The molecule has 0 saturated heterocycles. The Morgan fingerprint density at radius 1 is 1.16 bits per heavy atom. The lowest BCUT2D eigenvalue weighted by atomic mass is 9.96. The van der Waals surface area contributed by atoms with Crippen molar-refractivity contribution in [1.82, 2.24) is 15.6 Å². The predicted molar refractivity (Wildman–Crippen MR) is 124 cm³/mol. The number of hydrogen-bond acceptors (Lipinski definition) is 5. The SMILES string of the molecule is CCC[C@H](NC(=O)Cc1cc(F)cc(F)c1)C(=O)Nc1ncc(C(C)NCC(C)(C)C)s1. The molecular formula is C23H32F2N4O2S. The van der Waals surface area contributed by atoms with E-state index in [-0.39, 0.29) is 29.3 Å². The van der Waals surface area contributed by atoms with E-state index in [4.69, 9.17) is 0 Å². The average Bonchev–Trinajstić information content (AvgIpc) is 3.12. The second kappa shape index (κ2) is 11.5. The number of carbonyl (C=O) groups is 2. The van der Waals surface area contributed by atoms with E-state index in [1.54, 1.807) is 6.20 Å². The van der Waals surface area contributed by atoms with Crippen LogP contribution in [0.4, 0.5) is 13.9 Å². The van der Waals surface area contributed by atoms with Gasteiger partial charge in [0, 0.05) is 29.7 Å². The van der Waals surface area contributed by atoms with Gasteiger partial charge in [0.15, 0.2) is 5.13 Å². The summed E-state index contributed by atoms with van der Waals surface area (Å²) in [6.45, 7) is 11.2. The summed E-state index contributed by atoms with van der Waals surface area (Å²) in [5.74, 6) is -2.35. The highest BCUT2D eigenvalue weighted by atomic mass is 32.1. The maximum atomic E-state index is 13.4. The standard InChI is InChI=1S/C23H32F2N4O2S/c1-6-7-18(28-20(30)10-15-8-16(24)11-17(25)9-15)21(31)29-22-26-12-19(32-22)14(2)27-13-23(3,4)5/h8-9,11-12,14,18,27H,6-7,10,13H2,1-5H3,(H,28,30)(H,26,29,31)/t14?,18-/m0/s1. The Morgan fingerprint density at radius 3 is 2.41 bits per heavy atom. The second-order valence-corrected chi connectivity index (χ2v) is 10.1. The molecule has 0 aliphatic carbocycles. The van der Waals surface area contributed by atoms with Crippen LogP contribution in [0.1, 0.15) is 63.9 Å². The van der Waals surface area contributed by atoms with Gasteiger partial charge in [0.25, 0.3) is 0 Å². The molecule has 9 heteroatoms. The average molecular weight is 467 g/mol. The minimum Gasteiger partial charge on any atom is -0.344 e. The summed E-state index contributed by atoms with van der Waals surface area (Å²) in [5, 5.41) is 9.34. The molecule has 0 radical (unpaired) electrons. The molecule has 1 heterocycles. The Morgan fingerprint density at radius 2 is 1.81 bits per heavy atom. The third-order valence-electron chi connectivity index (χ3n) is 4.64. The van der Waals surface area contributed by atoms with Crippen LogP contribution in [0, 0.1) is 17.0 Å². The monoisotopic (exact) mass is 466 g/mol. The van der Waals surface area contributed by atoms with Crippen LogP contribution in [0.15, 0.2) is 24.4 Å². The fourth-order valence-electron chi connectivity index (χ4n) is 3.00. The zero-order valence-electron chi connectivity index (χ0n) is 19.2. The van der Waals surface area contributed by atoms with Gasteiger partial charge in [0.2, 0.25) is 11.8 Å². The highest BCUT2D eigenvalue weighted by molar-refractivity contribution is 7.15. The molecule has 6 nitrogen and oxygen atoms in total. The minimum atomic E-state index is -0.769. The molecule has 1 unspecified atom stereocenters. The van der Waals surface area contributed by atoms with Gasteiger partial charge >= 0.3 is 0 Å². The van der Waals surface area contributed by atoms with E-state index in [0.717, 1.165) is 29.6 Å². The van der Waals surface area contributed by atoms with Gasteiger partial charge in [-0.05, 0) is 36.5 Å². The van der Waals surface area contributed by atoms with Crippen molar-refractivity contribution in [3.8, 4) is 0 Å². The fourth-order valence-corrected chi connectivity index (χ4v) is 3.84. The van der Waals surface area contributed by atoms with Gasteiger partial charge in [-0.3, -0.25) is 9.59 Å². The van der Waals surface area contributed by atoms with Gasteiger partial charge in [-0.25, -0.2) is 13.8 Å². The summed E-state index contributed by atoms with van der Waals surface area (Å²) < 4.78 is 26.7. The molecule has 0 aliphatic heterocycles. The molecule has 3 N–H and O–H groups in total. The molecule has 1 aromatic carbocycles. The number of amides is 2. The van der Waals surface area contributed by atoms with E-state index in [0.29, 0.717) is 18.0 Å². The first-order valence-corrected chi connectivity index (χ1v) is 11.5. The molecule has 1 aromatic heterocycles. The molecule has 0 saturated carbocycles. The Kier molecular flexibility index (Phi) is 9.27. The first-order valence-electron chi connectivity index (χ1n) is 10.7. The minimum absolute atomic E-state index is 0.0928. The van der Waals surface area contributed by atoms with Gasteiger partial charge in [-0.2, -0.15) is 0 Å². The van der Waals surface area contributed by atoms with E-state index < -0.39 is 23.6 Å². The summed E-state index contributed by atoms with van der Waals surface area (Å²) in [7, 11) is 0. The van der Waals surface area contributed by atoms with Crippen molar-refractivity contribution in [1.29, 1.82) is 0 Å². The van der Waals surface area contributed by atoms with Crippen molar-refractivity contribution in [3.63, 3.8) is 0 Å². The molecule has 0 aliphatic rings. The molecule has 32 heavy (non-hydrogen) atoms. The third-order valence-corrected chi connectivity index (χ3v) is 5.73. The summed E-state index contributed by atoms with van der Waals surface area (Å²) in [6, 6.07) is 2.27. The first kappa shape index (κ1) is 25.9. The van der Waals surface area contributed by atoms with E-state index in [9.17, 15) is 18.4 Å². The Bertz CT molecular complexity index is 907. The summed E-state index contributed by atoms with van der Waals surface area (Å²) in [6.07, 6.45) is 2.60. The van der Waals surface area contributed by atoms with Crippen LogP contribution in [0.3, 0.4) is 0 Å². The van der Waals surface area contributed by atoms with Crippen molar-refractivity contribution in [2.24, 2.45) is 5.41 Å². The van der Waals surface area contributed by atoms with E-state index >= 15 is 0 Å². The number of nitrogens with one attached hydrogen (secondary N) is 3. The van der Waals surface area contributed by atoms with E-state index in [1.165, 1.54) is 11.3 Å². The number of thiazole rings is 1. The fraction of sp³-hybridized carbons (Fsp3) is 0.522. The second-order valence-electron chi connectivity index (χ2n) is 9.08. The van der Waals surface area contributed by atoms with Crippen LogP contribution in [0.25, 0.3) is 0 Å². The quantitative estimate of drug-likeness (QED) is 0.479. The number of carbonyl (C=O) groups excluding carboxylic acids is 2. The van der Waals surface area contributed by atoms with Crippen molar-refractivity contribution >= 4 is 28.3 Å². The van der Waals surface area contributed by atoms with Crippen molar-refractivity contribution < 1.29 is 18.4 Å². The number of benzene rings is 1. The van der Waals surface area contributed by atoms with Gasteiger partial charge < -0.3 is 16.0 Å². The smallest absolute Gasteiger partial charge is 0.248 e. The maximum Gasteiger partial charge on any atom is 0.248 e. The Labute approximate surface area is 192 Å². The number of hydrogen-bond donors (Lipinski definition) is 3. The predicted octanol–water partition coefficient (Wildman–Crippen LogP) is 4.58. The Balaban J connectivity index is 1.96. The number of rotatable bonds is 10. The third kappa shape index (κ3) is 8.63. The summed E-state index contributed by atoms with van der Waals surface area (Å²) in [5.41, 5.74) is 0.357. The van der Waals surface area contributed by atoms with E-state index in [2.05, 4.69) is 41.7 Å². The van der Waals surface area contributed by atoms with Crippen LogP contribution >= 0.6 is 11.3 Å². The lowest BCUT2D eigenvalue weighted by molar-refractivity contribution is -0.126. The van der Waals surface area contributed by atoms with E-state index in [1.807, 2.05) is 13.8 Å². The number of nitrogens with zero attached hydrogens (tertiary/aromatic N) is 1. The molecule has 176 valence electrons. The summed E-state index contributed by atoms with van der Waals surface area (Å²) in [4.78, 5) is 30.4. The van der Waals surface area contributed by atoms with Gasteiger partial charge in [-0.15, -0.1) is 11.3 Å². The normalized spacial score (nSPS) is 13.5. The molecule has 2 atom stereocenters. The lowest BCUT2D eigenvalue weighted by Crippen LogP contribution is -2.44. The van der Waals surface area contributed by atoms with Crippen LogP contribution in [-0.4, -0.2) is 29.4 Å². The van der Waals surface area contributed by atoms with Crippen molar-refractivity contribution in [3.05, 3.63) is 46.5 Å². The van der Waals surface area contributed by atoms with Crippen LogP contribution in [0.5, 0.6) is 0 Å². The number of halogens is 2. The van der Waals surface area contributed by atoms with Crippen molar-refractivity contribution in [2.45, 2.75) is 66.0 Å². The molecule has 2 rings (SSSR count). The van der Waals surface area contributed by atoms with Gasteiger partial charge in [-0.1, -0.05) is 34.1 Å². The lowest BCUT2D eigenvalue weighted by Gasteiger charge is -2.21. The molecule has 2 amide bonds. The zero-order chi connectivity index (χ0) is 23.9. The Hall–Kier alpha value is -2.39. The van der Waals surface area contributed by atoms with Crippen LogP contribution < -0.4 is 16.0 Å². The molecular weight excluding hydrogens is 434 g/mol. The first-order chi connectivity index (χ1) is 15.0. The van der Waals surface area contributed by atoms with Crippen LogP contribution in [-0.2, 0) is 16.0 Å². The summed E-state index contributed by atoms with van der Waals surface area (Å²) >= 11 is 1.38. The zero-order valence-corrected chi connectivity index (χ0v) is 20.0. The molecule has 2 aromatic rings. The number of anilines is 1. The number of aromatic nitrogens is 1.